The van der Waals surface area contributed by atoms with Crippen LogP contribution in [0.5, 0.6) is 5.75 Å². The maximum atomic E-state index is 12.0. The molecule has 0 spiro atoms. The van der Waals surface area contributed by atoms with Gasteiger partial charge in [-0.1, -0.05) is 6.07 Å². The van der Waals surface area contributed by atoms with Gasteiger partial charge in [0.25, 0.3) is 0 Å². The Balaban J connectivity index is 2.74. The first-order chi connectivity index (χ1) is 9.41. The summed E-state index contributed by atoms with van der Waals surface area (Å²) in [6, 6.07) is 7.11. The predicted octanol–water partition coefficient (Wildman–Crippen LogP) is 2.76. The van der Waals surface area contributed by atoms with E-state index in [-0.39, 0.29) is 6.61 Å². The number of nitrogen functional groups attached to an aromatic ring is 1. The van der Waals surface area contributed by atoms with Crippen LogP contribution in [-0.2, 0) is 4.74 Å². The number of nitrogens with zero attached hydrogens (tertiary/aromatic N) is 1. The molecule has 1 rings (SSSR count). The molecule has 5 heteroatoms. The largest absolute Gasteiger partial charge is 0.491 e. The third-order valence-corrected chi connectivity index (χ3v) is 2.82. The molecule has 20 heavy (non-hydrogen) atoms. The summed E-state index contributed by atoms with van der Waals surface area (Å²) in [7, 11) is 0. The monoisotopic (exact) mass is 276 g/mol. The molecule has 0 aliphatic rings. The number of esters is 1. The Morgan fingerprint density at radius 2 is 2.15 bits per heavy atom. The second-order valence-electron chi connectivity index (χ2n) is 5.04. The molecule has 0 radical (unpaired) electrons. The summed E-state index contributed by atoms with van der Waals surface area (Å²) in [5, 5.41) is 8.90. The fraction of sp³-hybridized carbons (Fsp3) is 0.467. The number of carbonyl (C=O) groups is 1. The first kappa shape index (κ1) is 15.8. The lowest BCUT2D eigenvalue weighted by molar-refractivity contribution is 0.0470. The van der Waals surface area contributed by atoms with Crippen molar-refractivity contribution in [2.45, 2.75) is 27.2 Å². The Morgan fingerprint density at radius 1 is 1.45 bits per heavy atom. The van der Waals surface area contributed by atoms with Crippen molar-refractivity contribution in [1.82, 2.24) is 0 Å². The molecule has 0 aliphatic heterocycles. The minimum atomic E-state index is -0.515. The van der Waals surface area contributed by atoms with Crippen LogP contribution in [0.4, 0.5) is 5.69 Å². The van der Waals surface area contributed by atoms with Crippen molar-refractivity contribution in [3.8, 4) is 11.8 Å². The number of carbonyl (C=O) groups excluding carboxylic acids is 1. The van der Waals surface area contributed by atoms with Gasteiger partial charge in [-0.25, -0.2) is 4.79 Å². The van der Waals surface area contributed by atoms with Gasteiger partial charge < -0.3 is 15.2 Å². The van der Waals surface area contributed by atoms with Crippen molar-refractivity contribution >= 4 is 11.7 Å². The molecule has 0 bridgehead atoms. The summed E-state index contributed by atoms with van der Waals surface area (Å²) in [5.74, 6) is -0.144. The summed E-state index contributed by atoms with van der Waals surface area (Å²) < 4.78 is 10.6. The van der Waals surface area contributed by atoms with E-state index in [1.807, 2.05) is 6.92 Å². The summed E-state index contributed by atoms with van der Waals surface area (Å²) >= 11 is 0. The molecule has 0 saturated carbocycles. The van der Waals surface area contributed by atoms with E-state index in [0.717, 1.165) is 0 Å². The van der Waals surface area contributed by atoms with Gasteiger partial charge in [0.2, 0.25) is 0 Å². The highest BCUT2D eigenvalue weighted by Gasteiger charge is 2.20. The van der Waals surface area contributed by atoms with Crippen LogP contribution in [0.3, 0.4) is 0 Å². The van der Waals surface area contributed by atoms with Crippen molar-refractivity contribution in [2.24, 2.45) is 5.41 Å². The normalized spacial score (nSPS) is 10.7. The van der Waals surface area contributed by atoms with Crippen LogP contribution in [0.1, 0.15) is 37.6 Å². The predicted molar refractivity (Wildman–Crippen MR) is 76.3 cm³/mol. The van der Waals surface area contributed by atoms with Gasteiger partial charge in [-0.2, -0.15) is 5.26 Å². The molecule has 0 fully saturated rings. The Labute approximate surface area is 119 Å². The highest BCUT2D eigenvalue weighted by atomic mass is 16.5. The summed E-state index contributed by atoms with van der Waals surface area (Å²) in [5.41, 5.74) is 5.98. The molecular weight excluding hydrogens is 256 g/mol. The molecule has 0 saturated heterocycles. The standard InChI is InChI=1S/C15H20N2O3/c1-4-19-13-11(6-5-7-12(13)17)14(18)20-9-8-15(2,3)10-16/h5-7H,4,8-9,17H2,1-3H3. The number of hydrogen-bond acceptors (Lipinski definition) is 5. The summed E-state index contributed by atoms with van der Waals surface area (Å²) in [4.78, 5) is 12.0. The number of rotatable bonds is 6. The number of nitrogens with two attached hydrogens (primary N) is 1. The van der Waals surface area contributed by atoms with Crippen LogP contribution in [0, 0.1) is 16.7 Å². The van der Waals surface area contributed by atoms with E-state index in [1.165, 1.54) is 0 Å². The van der Waals surface area contributed by atoms with E-state index < -0.39 is 11.4 Å². The molecular formula is C15H20N2O3. The molecule has 1 aromatic carbocycles. The molecule has 0 heterocycles. The molecule has 1 aromatic rings. The van der Waals surface area contributed by atoms with Crippen molar-refractivity contribution in [1.29, 1.82) is 5.26 Å². The molecule has 2 N–H and O–H groups in total. The zero-order valence-corrected chi connectivity index (χ0v) is 12.1. The quantitative estimate of drug-likeness (QED) is 0.637. The minimum Gasteiger partial charge on any atom is -0.491 e. The average Bonchev–Trinajstić information content (AvgIpc) is 2.41. The van der Waals surface area contributed by atoms with Gasteiger partial charge in [-0.15, -0.1) is 0 Å². The maximum absolute atomic E-state index is 12.0. The van der Waals surface area contributed by atoms with Gasteiger partial charge in [-0.05, 0) is 39.3 Å². The molecule has 5 nitrogen and oxygen atoms in total. The van der Waals surface area contributed by atoms with Gasteiger partial charge in [0.05, 0.1) is 30.4 Å². The number of anilines is 1. The van der Waals surface area contributed by atoms with Crippen molar-refractivity contribution in [2.75, 3.05) is 18.9 Å². The highest BCUT2D eigenvalue weighted by Crippen LogP contribution is 2.27. The smallest absolute Gasteiger partial charge is 0.342 e. The molecule has 0 aliphatic carbocycles. The fourth-order valence-corrected chi connectivity index (χ4v) is 1.55. The van der Waals surface area contributed by atoms with Crippen molar-refractivity contribution < 1.29 is 14.3 Å². The van der Waals surface area contributed by atoms with Gasteiger partial charge >= 0.3 is 5.97 Å². The summed E-state index contributed by atoms with van der Waals surface area (Å²) in [6.07, 6.45) is 0.474. The van der Waals surface area contributed by atoms with Gasteiger partial charge in [0.15, 0.2) is 5.75 Å². The van der Waals surface area contributed by atoms with Crippen LogP contribution in [0.2, 0.25) is 0 Å². The van der Waals surface area contributed by atoms with Gasteiger partial charge in [-0.3, -0.25) is 0 Å². The molecule has 108 valence electrons. The van der Waals surface area contributed by atoms with Crippen LogP contribution in [-0.4, -0.2) is 19.2 Å². The number of para-hydroxylation sites is 1. The van der Waals surface area contributed by atoms with E-state index in [0.29, 0.717) is 30.0 Å². The second-order valence-corrected chi connectivity index (χ2v) is 5.04. The van der Waals surface area contributed by atoms with Crippen LogP contribution in [0.15, 0.2) is 18.2 Å². The maximum Gasteiger partial charge on any atom is 0.342 e. The highest BCUT2D eigenvalue weighted by molar-refractivity contribution is 5.94. The minimum absolute atomic E-state index is 0.180. The lowest BCUT2D eigenvalue weighted by atomic mass is 9.92. The van der Waals surface area contributed by atoms with Gasteiger partial charge in [0.1, 0.15) is 5.56 Å². The number of hydrogen-bond donors (Lipinski definition) is 1. The van der Waals surface area contributed by atoms with Gasteiger partial charge in [0, 0.05) is 0 Å². The van der Waals surface area contributed by atoms with E-state index in [9.17, 15) is 4.79 Å². The first-order valence-corrected chi connectivity index (χ1v) is 6.51. The van der Waals surface area contributed by atoms with E-state index in [4.69, 9.17) is 20.5 Å². The Morgan fingerprint density at radius 3 is 2.75 bits per heavy atom. The Kier molecular flexibility index (Phi) is 5.39. The third kappa shape index (κ3) is 4.16. The Bertz CT molecular complexity index is 518. The van der Waals surface area contributed by atoms with Crippen LogP contribution < -0.4 is 10.5 Å². The topological polar surface area (TPSA) is 85.3 Å². The number of benzene rings is 1. The molecule has 0 unspecified atom stereocenters. The lowest BCUT2D eigenvalue weighted by Gasteiger charge is -2.16. The molecule has 0 aromatic heterocycles. The second kappa shape index (κ2) is 6.80. The zero-order valence-electron chi connectivity index (χ0n) is 12.1. The first-order valence-electron chi connectivity index (χ1n) is 6.51. The molecule has 0 amide bonds. The van der Waals surface area contributed by atoms with E-state index >= 15 is 0 Å². The number of nitriles is 1. The summed E-state index contributed by atoms with van der Waals surface area (Å²) in [6.45, 7) is 6.01. The number of ether oxygens (including phenoxy) is 2. The SMILES string of the molecule is CCOc1c(N)cccc1C(=O)OCCC(C)(C)C#N. The van der Waals surface area contributed by atoms with E-state index in [2.05, 4.69) is 6.07 Å². The third-order valence-electron chi connectivity index (χ3n) is 2.82. The van der Waals surface area contributed by atoms with E-state index in [1.54, 1.807) is 32.0 Å². The van der Waals surface area contributed by atoms with Crippen molar-refractivity contribution in [3.05, 3.63) is 23.8 Å². The van der Waals surface area contributed by atoms with Crippen molar-refractivity contribution in [3.63, 3.8) is 0 Å². The lowest BCUT2D eigenvalue weighted by Crippen LogP contribution is -2.15. The van der Waals surface area contributed by atoms with Crippen LogP contribution in [0.25, 0.3) is 0 Å². The van der Waals surface area contributed by atoms with Crippen LogP contribution >= 0.6 is 0 Å². The average molecular weight is 276 g/mol. The molecule has 0 atom stereocenters. The Hall–Kier alpha value is -2.22. The fourth-order valence-electron chi connectivity index (χ4n) is 1.55. The zero-order chi connectivity index (χ0) is 15.2.